The lowest BCUT2D eigenvalue weighted by molar-refractivity contribution is -0.135. The van der Waals surface area contributed by atoms with Gasteiger partial charge in [0, 0.05) is 0 Å². The molecule has 0 unspecified atom stereocenters. The van der Waals surface area contributed by atoms with Gasteiger partial charge in [-0.15, -0.1) is 0 Å². The average Bonchev–Trinajstić information content (AvgIpc) is 2.47. The number of rotatable bonds is 5. The van der Waals surface area contributed by atoms with Crippen molar-refractivity contribution in [2.24, 2.45) is 5.16 Å². The van der Waals surface area contributed by atoms with Crippen LogP contribution in [0.5, 0.6) is 0 Å². The Labute approximate surface area is 115 Å². The molecule has 0 aliphatic rings. The largest absolute Gasteiger partial charge is 0.535 e. The summed E-state index contributed by atoms with van der Waals surface area (Å²) in [6.07, 6.45) is -1.12. The fourth-order valence-electron chi connectivity index (χ4n) is 1.13. The van der Waals surface area contributed by atoms with Gasteiger partial charge in [-0.25, -0.2) is 9.59 Å². The van der Waals surface area contributed by atoms with Crippen LogP contribution in [0, 0.1) is 11.3 Å². The number of nitriles is 1. The van der Waals surface area contributed by atoms with Crippen molar-refractivity contribution in [3.63, 3.8) is 0 Å². The third-order valence-corrected chi connectivity index (χ3v) is 1.99. The summed E-state index contributed by atoms with van der Waals surface area (Å²) in [7, 11) is 0. The number of benzene rings is 1. The number of ether oxygens (including phenoxy) is 2. The second-order valence-electron chi connectivity index (χ2n) is 3.39. The van der Waals surface area contributed by atoms with Crippen molar-refractivity contribution in [1.82, 2.24) is 0 Å². The van der Waals surface area contributed by atoms with Gasteiger partial charge in [-0.2, -0.15) is 5.26 Å². The van der Waals surface area contributed by atoms with Crippen molar-refractivity contribution < 1.29 is 23.9 Å². The van der Waals surface area contributed by atoms with E-state index in [1.807, 2.05) is 6.07 Å². The highest BCUT2D eigenvalue weighted by molar-refractivity contribution is 6.42. The third-order valence-electron chi connectivity index (χ3n) is 1.99. The molecule has 0 saturated carbocycles. The first-order valence-corrected chi connectivity index (χ1v) is 5.70. The van der Waals surface area contributed by atoms with E-state index in [-0.39, 0.29) is 13.2 Å². The van der Waals surface area contributed by atoms with Gasteiger partial charge < -0.3 is 9.47 Å². The zero-order valence-corrected chi connectivity index (χ0v) is 10.7. The Morgan fingerprint density at radius 1 is 1.25 bits per heavy atom. The molecule has 0 aliphatic heterocycles. The van der Waals surface area contributed by atoms with Gasteiger partial charge in [0.2, 0.25) is 0 Å². The molecule has 1 aromatic rings. The predicted octanol–water partition coefficient (Wildman–Crippen LogP) is 1.78. The molecule has 7 nitrogen and oxygen atoms in total. The Morgan fingerprint density at radius 3 is 2.55 bits per heavy atom. The van der Waals surface area contributed by atoms with E-state index in [2.05, 4.69) is 14.7 Å². The van der Waals surface area contributed by atoms with Crippen LogP contribution in [0.4, 0.5) is 4.79 Å². The van der Waals surface area contributed by atoms with E-state index >= 15 is 0 Å². The number of hydrogen-bond donors (Lipinski definition) is 0. The molecule has 0 aromatic heterocycles. The summed E-state index contributed by atoms with van der Waals surface area (Å²) in [5.41, 5.74) is 0.0999. The Hall–Kier alpha value is -2.88. The van der Waals surface area contributed by atoms with Gasteiger partial charge in [0.1, 0.15) is 12.7 Å². The predicted molar refractivity (Wildman–Crippen MR) is 67.4 cm³/mol. The standard InChI is InChI=1S/C13H12N2O5/c1-2-18-12(16)11(8-14)15-20-13(17)19-9-10-6-4-3-5-7-10/h3-7H,2,9H2,1H3. The third kappa shape index (κ3) is 5.18. The van der Waals surface area contributed by atoms with Crippen LogP contribution < -0.4 is 0 Å². The van der Waals surface area contributed by atoms with Gasteiger partial charge in [-0.05, 0) is 12.5 Å². The molecule has 0 saturated heterocycles. The zero-order chi connectivity index (χ0) is 14.8. The summed E-state index contributed by atoms with van der Waals surface area (Å²) in [5, 5.41) is 11.7. The molecule has 0 atom stereocenters. The van der Waals surface area contributed by atoms with Gasteiger partial charge in [0.15, 0.2) is 0 Å². The van der Waals surface area contributed by atoms with Gasteiger partial charge in [0.25, 0.3) is 5.71 Å². The molecule has 0 heterocycles. The summed E-state index contributed by atoms with van der Waals surface area (Å²) < 4.78 is 9.27. The van der Waals surface area contributed by atoms with E-state index in [4.69, 9.17) is 10.00 Å². The van der Waals surface area contributed by atoms with Crippen LogP contribution in [-0.4, -0.2) is 24.4 Å². The zero-order valence-electron chi connectivity index (χ0n) is 10.7. The summed E-state index contributed by atoms with van der Waals surface area (Å²) in [6.45, 7) is 1.65. The van der Waals surface area contributed by atoms with Gasteiger partial charge in [-0.3, -0.25) is 4.84 Å². The first-order valence-electron chi connectivity index (χ1n) is 5.70. The highest BCUT2D eigenvalue weighted by Crippen LogP contribution is 2.01. The molecule has 0 spiro atoms. The van der Waals surface area contributed by atoms with Crippen LogP contribution in [0.1, 0.15) is 12.5 Å². The number of carbonyl (C=O) groups is 2. The van der Waals surface area contributed by atoms with Crippen LogP contribution in [0.25, 0.3) is 0 Å². The first-order chi connectivity index (χ1) is 9.67. The molecule has 1 aromatic carbocycles. The number of oxime groups is 1. The summed E-state index contributed by atoms with van der Waals surface area (Å²) >= 11 is 0. The molecule has 104 valence electrons. The van der Waals surface area contributed by atoms with Crippen LogP contribution in [-0.2, 0) is 25.7 Å². The Kier molecular flexibility index (Phi) is 6.27. The van der Waals surface area contributed by atoms with Crippen LogP contribution >= 0.6 is 0 Å². The molecular weight excluding hydrogens is 264 g/mol. The molecule has 0 N–H and O–H groups in total. The van der Waals surface area contributed by atoms with Crippen molar-refractivity contribution in [3.8, 4) is 6.07 Å². The Balaban J connectivity index is 2.46. The molecule has 0 fully saturated rings. The molecule has 0 bridgehead atoms. The second-order valence-corrected chi connectivity index (χ2v) is 3.39. The molecule has 1 rings (SSSR count). The Bertz CT molecular complexity index is 533. The number of nitrogens with zero attached hydrogens (tertiary/aromatic N) is 2. The maximum atomic E-state index is 11.2. The van der Waals surface area contributed by atoms with Gasteiger partial charge in [-0.1, -0.05) is 35.5 Å². The highest BCUT2D eigenvalue weighted by atomic mass is 16.8. The Morgan fingerprint density at radius 2 is 1.95 bits per heavy atom. The summed E-state index contributed by atoms with van der Waals surface area (Å²) in [4.78, 5) is 26.7. The molecule has 0 radical (unpaired) electrons. The number of carbonyl (C=O) groups excluding carboxylic acids is 2. The fraction of sp³-hybridized carbons (Fsp3) is 0.231. The quantitative estimate of drug-likeness (QED) is 0.352. The van der Waals surface area contributed by atoms with Crippen molar-refractivity contribution in [2.75, 3.05) is 6.61 Å². The van der Waals surface area contributed by atoms with Crippen molar-refractivity contribution in [2.45, 2.75) is 13.5 Å². The van der Waals surface area contributed by atoms with E-state index in [1.165, 1.54) is 6.07 Å². The monoisotopic (exact) mass is 276 g/mol. The molecule has 0 aliphatic carbocycles. The van der Waals surface area contributed by atoms with E-state index in [0.717, 1.165) is 5.56 Å². The highest BCUT2D eigenvalue weighted by Gasteiger charge is 2.14. The maximum Gasteiger partial charge on any atom is 0.535 e. The topological polar surface area (TPSA) is 98.0 Å². The minimum Gasteiger partial charge on any atom is -0.461 e. The van der Waals surface area contributed by atoms with Crippen molar-refractivity contribution in [1.29, 1.82) is 5.26 Å². The lowest BCUT2D eigenvalue weighted by atomic mass is 10.2. The fourth-order valence-corrected chi connectivity index (χ4v) is 1.13. The maximum absolute atomic E-state index is 11.2. The number of hydrogen-bond acceptors (Lipinski definition) is 7. The van der Waals surface area contributed by atoms with E-state index in [9.17, 15) is 9.59 Å². The van der Waals surface area contributed by atoms with Crippen molar-refractivity contribution >= 4 is 17.8 Å². The normalized spacial score (nSPS) is 10.3. The van der Waals surface area contributed by atoms with Crippen molar-refractivity contribution in [3.05, 3.63) is 35.9 Å². The van der Waals surface area contributed by atoms with Crippen LogP contribution in [0.2, 0.25) is 0 Å². The van der Waals surface area contributed by atoms with Gasteiger partial charge in [0.05, 0.1) is 6.61 Å². The lowest BCUT2D eigenvalue weighted by Crippen LogP contribution is -2.17. The molecule has 20 heavy (non-hydrogen) atoms. The SMILES string of the molecule is CCOC(=O)C(C#N)=NOC(=O)OCc1ccccc1. The molecule has 0 amide bonds. The summed E-state index contributed by atoms with van der Waals surface area (Å²) in [5.74, 6) is -0.967. The minimum atomic E-state index is -1.12. The molecule has 7 heteroatoms. The lowest BCUT2D eigenvalue weighted by Gasteiger charge is -2.02. The van der Waals surface area contributed by atoms with E-state index < -0.39 is 17.8 Å². The summed E-state index contributed by atoms with van der Waals surface area (Å²) in [6, 6.07) is 10.4. The average molecular weight is 276 g/mol. The van der Waals surface area contributed by atoms with Gasteiger partial charge >= 0.3 is 12.1 Å². The van der Waals surface area contributed by atoms with Crippen LogP contribution in [0.3, 0.4) is 0 Å². The van der Waals surface area contributed by atoms with E-state index in [1.54, 1.807) is 31.2 Å². The van der Waals surface area contributed by atoms with Crippen LogP contribution in [0.15, 0.2) is 35.5 Å². The number of esters is 1. The molecular formula is C13H12N2O5. The first kappa shape index (κ1) is 15.2. The minimum absolute atomic E-state index is 0.00349. The second kappa shape index (κ2) is 8.26. The smallest absolute Gasteiger partial charge is 0.461 e. The van der Waals surface area contributed by atoms with E-state index in [0.29, 0.717) is 0 Å².